The van der Waals surface area contributed by atoms with Gasteiger partial charge in [0.15, 0.2) is 0 Å². The number of benzene rings is 2. The number of methoxy groups -OCH3 is 2. The van der Waals surface area contributed by atoms with Crippen LogP contribution < -0.4 is 9.47 Å². The second-order valence-electron chi connectivity index (χ2n) is 9.99. The Kier molecular flexibility index (Phi) is 10.5. The first-order valence-electron chi connectivity index (χ1n) is 13.6. The SMILES string of the molecule is COc1ccc(COCC/C=C(/CCOCc2ccc(OC)cc2)C2C=C(C3CCCC3)CC2)cc1. The molecule has 2 aliphatic carbocycles. The Hall–Kier alpha value is -2.56. The largest absolute Gasteiger partial charge is 0.497 e. The fourth-order valence-electron chi connectivity index (χ4n) is 5.46. The number of hydrogen-bond donors (Lipinski definition) is 0. The smallest absolute Gasteiger partial charge is 0.118 e. The summed E-state index contributed by atoms with van der Waals surface area (Å²) in [6, 6.07) is 16.2. The lowest BCUT2D eigenvalue weighted by atomic mass is 9.94. The number of allylic oxidation sites excluding steroid dienone is 2. The molecule has 1 atom stereocenters. The van der Waals surface area contributed by atoms with Crippen molar-refractivity contribution in [3.8, 4) is 11.5 Å². The molecule has 0 bridgehead atoms. The van der Waals surface area contributed by atoms with Crippen LogP contribution in [0.5, 0.6) is 11.5 Å². The molecule has 0 saturated heterocycles. The molecule has 2 aliphatic rings. The van der Waals surface area contributed by atoms with E-state index in [0.717, 1.165) is 43.5 Å². The highest BCUT2D eigenvalue weighted by molar-refractivity contribution is 5.28. The molecule has 0 heterocycles. The lowest BCUT2D eigenvalue weighted by Gasteiger charge is -2.15. The summed E-state index contributed by atoms with van der Waals surface area (Å²) in [6.07, 6.45) is 15.0. The van der Waals surface area contributed by atoms with Crippen molar-refractivity contribution in [2.75, 3.05) is 27.4 Å². The Labute approximate surface area is 217 Å². The molecule has 4 heteroatoms. The minimum Gasteiger partial charge on any atom is -0.497 e. The van der Waals surface area contributed by atoms with Gasteiger partial charge >= 0.3 is 0 Å². The maximum absolute atomic E-state index is 6.07. The maximum Gasteiger partial charge on any atom is 0.118 e. The molecule has 1 saturated carbocycles. The first-order chi connectivity index (χ1) is 17.7. The molecule has 4 rings (SSSR count). The lowest BCUT2D eigenvalue weighted by molar-refractivity contribution is 0.121. The number of rotatable bonds is 14. The molecule has 4 nitrogen and oxygen atoms in total. The van der Waals surface area contributed by atoms with Crippen LogP contribution in [0, 0.1) is 11.8 Å². The first-order valence-corrected chi connectivity index (χ1v) is 13.6. The number of ether oxygens (including phenoxy) is 4. The fourth-order valence-corrected chi connectivity index (χ4v) is 5.46. The molecule has 0 spiro atoms. The van der Waals surface area contributed by atoms with E-state index in [-0.39, 0.29) is 0 Å². The molecule has 0 amide bonds. The molecular formula is C32H42O4. The van der Waals surface area contributed by atoms with Crippen molar-refractivity contribution in [3.05, 3.63) is 83.0 Å². The maximum atomic E-state index is 6.07. The fraction of sp³-hybridized carbons (Fsp3) is 0.500. The summed E-state index contributed by atoms with van der Waals surface area (Å²) >= 11 is 0. The topological polar surface area (TPSA) is 36.9 Å². The van der Waals surface area contributed by atoms with Crippen molar-refractivity contribution in [3.63, 3.8) is 0 Å². The van der Waals surface area contributed by atoms with Gasteiger partial charge in [-0.15, -0.1) is 0 Å². The van der Waals surface area contributed by atoms with Crippen molar-refractivity contribution in [1.29, 1.82) is 0 Å². The van der Waals surface area contributed by atoms with Crippen molar-refractivity contribution in [1.82, 2.24) is 0 Å². The minimum absolute atomic E-state index is 0.562. The summed E-state index contributed by atoms with van der Waals surface area (Å²) in [6.45, 7) is 2.74. The third-order valence-electron chi connectivity index (χ3n) is 7.57. The molecule has 0 aliphatic heterocycles. The van der Waals surface area contributed by atoms with Crippen molar-refractivity contribution in [2.45, 2.75) is 64.6 Å². The third kappa shape index (κ3) is 7.97. The van der Waals surface area contributed by atoms with Crippen LogP contribution >= 0.6 is 0 Å². The quantitative estimate of drug-likeness (QED) is 0.201. The van der Waals surface area contributed by atoms with Gasteiger partial charge in [0.25, 0.3) is 0 Å². The van der Waals surface area contributed by atoms with Gasteiger partial charge in [-0.05, 0) is 85.8 Å². The Bertz CT molecular complexity index is 968. The molecule has 0 N–H and O–H groups in total. The highest BCUT2D eigenvalue weighted by Gasteiger charge is 2.26. The van der Waals surface area contributed by atoms with Gasteiger partial charge < -0.3 is 18.9 Å². The van der Waals surface area contributed by atoms with E-state index in [1.807, 2.05) is 24.3 Å². The van der Waals surface area contributed by atoms with E-state index < -0.39 is 0 Å². The van der Waals surface area contributed by atoms with Crippen LogP contribution in [-0.4, -0.2) is 27.4 Å². The second kappa shape index (κ2) is 14.2. The van der Waals surface area contributed by atoms with Crippen LogP contribution in [0.25, 0.3) is 0 Å². The molecule has 0 radical (unpaired) electrons. The van der Waals surface area contributed by atoms with Crippen molar-refractivity contribution < 1.29 is 18.9 Å². The van der Waals surface area contributed by atoms with E-state index in [9.17, 15) is 0 Å². The summed E-state index contributed by atoms with van der Waals surface area (Å²) in [4.78, 5) is 0. The van der Waals surface area contributed by atoms with Crippen LogP contribution in [0.3, 0.4) is 0 Å². The van der Waals surface area contributed by atoms with E-state index >= 15 is 0 Å². The third-order valence-corrected chi connectivity index (χ3v) is 7.57. The molecule has 2 aromatic carbocycles. The molecule has 0 aromatic heterocycles. The molecule has 36 heavy (non-hydrogen) atoms. The highest BCUT2D eigenvalue weighted by atomic mass is 16.5. The zero-order chi connectivity index (χ0) is 25.0. The molecule has 1 unspecified atom stereocenters. The van der Waals surface area contributed by atoms with Crippen LogP contribution in [-0.2, 0) is 22.7 Å². The molecule has 194 valence electrons. The standard InChI is InChI=1S/C32H42O4/c1-33-31-15-9-25(10-16-31)23-35-20-5-8-28(30-14-13-29(22-30)27-6-3-4-7-27)19-21-36-24-26-11-17-32(34-2)18-12-26/h8-12,15-18,22,27,30H,3-7,13-14,19-21,23-24H2,1-2H3/b28-8-. The Morgan fingerprint density at radius 3 is 1.94 bits per heavy atom. The normalized spacial score (nSPS) is 18.4. The average molecular weight is 491 g/mol. The Morgan fingerprint density at radius 1 is 0.778 bits per heavy atom. The lowest BCUT2D eigenvalue weighted by Crippen LogP contribution is -2.04. The van der Waals surface area contributed by atoms with Crippen LogP contribution in [0.4, 0.5) is 0 Å². The van der Waals surface area contributed by atoms with Gasteiger partial charge in [-0.2, -0.15) is 0 Å². The van der Waals surface area contributed by atoms with Crippen LogP contribution in [0.1, 0.15) is 62.5 Å². The summed E-state index contributed by atoms with van der Waals surface area (Å²) in [5.41, 5.74) is 5.59. The van der Waals surface area contributed by atoms with Gasteiger partial charge in [-0.25, -0.2) is 0 Å². The molecule has 1 fully saturated rings. The van der Waals surface area contributed by atoms with E-state index in [4.69, 9.17) is 18.9 Å². The zero-order valence-corrected chi connectivity index (χ0v) is 22.0. The Morgan fingerprint density at radius 2 is 1.36 bits per heavy atom. The monoisotopic (exact) mass is 490 g/mol. The molecule has 2 aromatic rings. The zero-order valence-electron chi connectivity index (χ0n) is 22.0. The first kappa shape index (κ1) is 26.5. The summed E-state index contributed by atoms with van der Waals surface area (Å²) in [7, 11) is 3.38. The summed E-state index contributed by atoms with van der Waals surface area (Å²) < 4.78 is 22.5. The predicted octanol–water partition coefficient (Wildman–Crippen LogP) is 7.67. The van der Waals surface area contributed by atoms with E-state index in [1.54, 1.807) is 19.8 Å². The minimum atomic E-state index is 0.562. The van der Waals surface area contributed by atoms with Gasteiger partial charge in [0.05, 0.1) is 40.6 Å². The average Bonchev–Trinajstić information content (AvgIpc) is 3.63. The summed E-state index contributed by atoms with van der Waals surface area (Å²) in [5.74, 6) is 3.16. The van der Waals surface area contributed by atoms with E-state index in [1.165, 1.54) is 55.2 Å². The highest BCUT2D eigenvalue weighted by Crippen LogP contribution is 2.41. The van der Waals surface area contributed by atoms with Crippen molar-refractivity contribution >= 4 is 0 Å². The van der Waals surface area contributed by atoms with Gasteiger partial charge in [-0.1, -0.05) is 60.4 Å². The molecular weight excluding hydrogens is 448 g/mol. The second-order valence-corrected chi connectivity index (χ2v) is 9.99. The van der Waals surface area contributed by atoms with E-state index in [0.29, 0.717) is 19.1 Å². The Balaban J connectivity index is 1.28. The van der Waals surface area contributed by atoms with Gasteiger partial charge in [-0.3, -0.25) is 0 Å². The predicted molar refractivity (Wildman–Crippen MR) is 145 cm³/mol. The van der Waals surface area contributed by atoms with Crippen molar-refractivity contribution in [2.24, 2.45) is 11.8 Å². The number of hydrogen-bond acceptors (Lipinski definition) is 4. The van der Waals surface area contributed by atoms with Gasteiger partial charge in [0.1, 0.15) is 11.5 Å². The van der Waals surface area contributed by atoms with Crippen LogP contribution in [0.2, 0.25) is 0 Å². The van der Waals surface area contributed by atoms with Gasteiger partial charge in [0.2, 0.25) is 0 Å². The van der Waals surface area contributed by atoms with Crippen LogP contribution in [0.15, 0.2) is 71.8 Å². The van der Waals surface area contributed by atoms with E-state index in [2.05, 4.69) is 36.4 Å². The summed E-state index contributed by atoms with van der Waals surface area (Å²) in [5, 5.41) is 0. The van der Waals surface area contributed by atoms with Gasteiger partial charge in [0, 0.05) is 0 Å².